The number of sulfone groups is 1. The van der Waals surface area contributed by atoms with Gasteiger partial charge in [-0.15, -0.1) is 0 Å². The highest BCUT2D eigenvalue weighted by Gasteiger charge is 2.28. The zero-order chi connectivity index (χ0) is 21.1. The number of aryl methyl sites for hydroxylation is 1. The summed E-state index contributed by atoms with van der Waals surface area (Å²) >= 11 is 6.23. The number of oxazole rings is 1. The molecule has 1 N–H and O–H groups in total. The van der Waals surface area contributed by atoms with Gasteiger partial charge in [-0.05, 0) is 42.8 Å². The van der Waals surface area contributed by atoms with Gasteiger partial charge in [-0.1, -0.05) is 65.7 Å². The molecule has 0 fully saturated rings. The Labute approximate surface area is 180 Å². The van der Waals surface area contributed by atoms with E-state index in [1.54, 1.807) is 24.3 Å². The van der Waals surface area contributed by atoms with Crippen LogP contribution in [0.15, 0.2) is 93.2 Å². The van der Waals surface area contributed by atoms with Crippen molar-refractivity contribution in [2.45, 2.75) is 23.4 Å². The van der Waals surface area contributed by atoms with Crippen LogP contribution in [0.25, 0.3) is 11.5 Å². The average molecular weight is 439 g/mol. The summed E-state index contributed by atoms with van der Waals surface area (Å²) in [6.07, 6.45) is 0. The van der Waals surface area contributed by atoms with Crippen LogP contribution in [0.2, 0.25) is 5.02 Å². The molecule has 0 saturated heterocycles. The van der Waals surface area contributed by atoms with Gasteiger partial charge in [-0.2, -0.15) is 4.98 Å². The van der Waals surface area contributed by atoms with Gasteiger partial charge in [-0.3, -0.25) is 0 Å². The maximum absolute atomic E-state index is 13.3. The van der Waals surface area contributed by atoms with Crippen LogP contribution in [0.3, 0.4) is 0 Å². The van der Waals surface area contributed by atoms with Crippen LogP contribution in [-0.2, 0) is 16.4 Å². The Morgan fingerprint density at radius 3 is 2.43 bits per heavy atom. The van der Waals surface area contributed by atoms with Crippen molar-refractivity contribution in [2.24, 2.45) is 0 Å². The lowest BCUT2D eigenvalue weighted by molar-refractivity contribution is 0.576. The number of rotatable bonds is 6. The maximum atomic E-state index is 13.3. The molecule has 0 unspecified atom stereocenters. The molecule has 0 spiro atoms. The van der Waals surface area contributed by atoms with Crippen molar-refractivity contribution in [2.75, 3.05) is 5.32 Å². The topological polar surface area (TPSA) is 72.2 Å². The Balaban J connectivity index is 1.78. The standard InChI is InChI=1S/C23H19ClN2O3S/c1-16-8-7-10-17(14-16)21-26-23(30(27,28)19-11-3-2-4-12-19)22(29-21)25-15-18-9-5-6-13-20(18)24/h2-14,25H,15H2,1H3. The van der Waals surface area contributed by atoms with E-state index in [9.17, 15) is 8.42 Å². The van der Waals surface area contributed by atoms with Gasteiger partial charge in [0.15, 0.2) is 0 Å². The Bertz CT molecular complexity index is 1280. The zero-order valence-electron chi connectivity index (χ0n) is 16.2. The van der Waals surface area contributed by atoms with E-state index in [1.807, 2.05) is 49.4 Å². The first-order valence-corrected chi connectivity index (χ1v) is 11.2. The van der Waals surface area contributed by atoms with Gasteiger partial charge in [0.1, 0.15) is 0 Å². The van der Waals surface area contributed by atoms with Gasteiger partial charge < -0.3 is 9.73 Å². The van der Waals surface area contributed by atoms with Crippen molar-refractivity contribution >= 4 is 27.3 Å². The summed E-state index contributed by atoms with van der Waals surface area (Å²) in [5.41, 5.74) is 2.53. The third-order valence-electron chi connectivity index (χ3n) is 4.57. The Morgan fingerprint density at radius 2 is 1.70 bits per heavy atom. The third-order valence-corrected chi connectivity index (χ3v) is 6.61. The minimum Gasteiger partial charge on any atom is -0.419 e. The van der Waals surface area contributed by atoms with Crippen molar-refractivity contribution in [1.29, 1.82) is 0 Å². The van der Waals surface area contributed by atoms with Crippen LogP contribution in [0.5, 0.6) is 0 Å². The highest BCUT2D eigenvalue weighted by molar-refractivity contribution is 7.91. The number of nitrogens with one attached hydrogen (secondary N) is 1. The van der Waals surface area contributed by atoms with E-state index < -0.39 is 9.84 Å². The average Bonchev–Trinajstić information content (AvgIpc) is 3.19. The lowest BCUT2D eigenvalue weighted by Gasteiger charge is -2.07. The molecule has 0 aliphatic rings. The molecule has 0 bridgehead atoms. The first-order chi connectivity index (χ1) is 14.4. The number of anilines is 1. The molecule has 1 heterocycles. The Kier molecular flexibility index (Phi) is 5.61. The number of hydrogen-bond donors (Lipinski definition) is 1. The van der Waals surface area contributed by atoms with E-state index in [0.717, 1.165) is 11.1 Å². The predicted octanol–water partition coefficient (Wildman–Crippen LogP) is 5.75. The number of halogens is 1. The third kappa shape index (κ3) is 4.10. The van der Waals surface area contributed by atoms with Crippen LogP contribution in [0.4, 0.5) is 5.88 Å². The molecule has 4 aromatic rings. The minimum atomic E-state index is -3.88. The minimum absolute atomic E-state index is 0.0790. The molecule has 0 radical (unpaired) electrons. The van der Waals surface area contributed by atoms with E-state index in [-0.39, 0.29) is 21.7 Å². The first kappa shape index (κ1) is 20.2. The molecule has 0 saturated carbocycles. The van der Waals surface area contributed by atoms with Crippen molar-refractivity contribution in [3.63, 3.8) is 0 Å². The Hall–Kier alpha value is -3.09. The first-order valence-electron chi connectivity index (χ1n) is 9.30. The van der Waals surface area contributed by atoms with E-state index in [2.05, 4.69) is 10.3 Å². The Morgan fingerprint density at radius 1 is 0.967 bits per heavy atom. The van der Waals surface area contributed by atoms with Crippen molar-refractivity contribution < 1.29 is 12.8 Å². The van der Waals surface area contributed by atoms with Crippen LogP contribution in [0, 0.1) is 6.92 Å². The van der Waals surface area contributed by atoms with Crippen LogP contribution in [-0.4, -0.2) is 13.4 Å². The quantitative estimate of drug-likeness (QED) is 0.415. The molecule has 0 aliphatic heterocycles. The van der Waals surface area contributed by atoms with Crippen LogP contribution >= 0.6 is 11.6 Å². The van der Waals surface area contributed by atoms with Gasteiger partial charge in [0.05, 0.1) is 4.90 Å². The van der Waals surface area contributed by atoms with Gasteiger partial charge in [-0.25, -0.2) is 8.42 Å². The van der Waals surface area contributed by atoms with Gasteiger partial charge in [0.25, 0.3) is 0 Å². The molecular weight excluding hydrogens is 420 g/mol. The predicted molar refractivity (Wildman–Crippen MR) is 117 cm³/mol. The lowest BCUT2D eigenvalue weighted by Crippen LogP contribution is -2.07. The summed E-state index contributed by atoms with van der Waals surface area (Å²) < 4.78 is 32.4. The van der Waals surface area contributed by atoms with Gasteiger partial charge in [0.2, 0.25) is 26.6 Å². The lowest BCUT2D eigenvalue weighted by atomic mass is 10.1. The van der Waals surface area contributed by atoms with Crippen LogP contribution < -0.4 is 5.32 Å². The number of aromatic nitrogens is 1. The molecule has 0 aliphatic carbocycles. The number of hydrogen-bond acceptors (Lipinski definition) is 5. The van der Waals surface area contributed by atoms with E-state index >= 15 is 0 Å². The van der Waals surface area contributed by atoms with Gasteiger partial charge >= 0.3 is 0 Å². The SMILES string of the molecule is Cc1cccc(-c2nc(S(=O)(=O)c3ccccc3)c(NCc3ccccc3Cl)o2)c1. The van der Waals surface area contributed by atoms with E-state index in [0.29, 0.717) is 17.1 Å². The monoisotopic (exact) mass is 438 g/mol. The largest absolute Gasteiger partial charge is 0.419 e. The van der Waals surface area contributed by atoms with E-state index in [1.165, 1.54) is 12.1 Å². The molecule has 30 heavy (non-hydrogen) atoms. The number of benzene rings is 3. The van der Waals surface area contributed by atoms with Crippen molar-refractivity contribution in [1.82, 2.24) is 4.98 Å². The molecule has 5 nitrogen and oxygen atoms in total. The molecule has 152 valence electrons. The summed E-state index contributed by atoms with van der Waals surface area (Å²) in [5, 5.41) is 3.48. The summed E-state index contributed by atoms with van der Waals surface area (Å²) in [7, 11) is -3.88. The molecule has 4 rings (SSSR count). The smallest absolute Gasteiger partial charge is 0.234 e. The second-order valence-corrected chi connectivity index (χ2v) is 9.06. The van der Waals surface area contributed by atoms with Crippen LogP contribution in [0.1, 0.15) is 11.1 Å². The molecule has 0 atom stereocenters. The number of nitrogens with zero attached hydrogens (tertiary/aromatic N) is 1. The normalized spacial score (nSPS) is 11.4. The highest BCUT2D eigenvalue weighted by atomic mass is 35.5. The molecule has 7 heteroatoms. The summed E-state index contributed by atoms with van der Waals surface area (Å²) in [4.78, 5) is 4.50. The summed E-state index contributed by atoms with van der Waals surface area (Å²) in [6, 6.07) is 23.1. The van der Waals surface area contributed by atoms with E-state index in [4.69, 9.17) is 16.0 Å². The maximum Gasteiger partial charge on any atom is 0.234 e. The second kappa shape index (κ2) is 8.34. The summed E-state index contributed by atoms with van der Waals surface area (Å²) in [5.74, 6) is 0.310. The molecule has 1 aromatic heterocycles. The fourth-order valence-corrected chi connectivity index (χ4v) is 4.53. The molecule has 3 aromatic carbocycles. The van der Waals surface area contributed by atoms with Crippen molar-refractivity contribution in [3.8, 4) is 11.5 Å². The molecule has 0 amide bonds. The summed E-state index contributed by atoms with van der Waals surface area (Å²) in [6.45, 7) is 2.24. The highest BCUT2D eigenvalue weighted by Crippen LogP contribution is 2.33. The second-order valence-electron chi connectivity index (χ2n) is 6.78. The van der Waals surface area contributed by atoms with Crippen molar-refractivity contribution in [3.05, 3.63) is 95.0 Å². The van der Waals surface area contributed by atoms with Gasteiger partial charge in [0, 0.05) is 17.1 Å². The fraction of sp³-hybridized carbons (Fsp3) is 0.0870. The zero-order valence-corrected chi connectivity index (χ0v) is 17.7. The fourth-order valence-electron chi connectivity index (χ4n) is 3.03. The molecular formula is C23H19ClN2O3S.